The first-order valence-electron chi connectivity index (χ1n) is 6.84. The summed E-state index contributed by atoms with van der Waals surface area (Å²) < 4.78 is 4.70. The molecule has 1 aromatic carbocycles. The zero-order valence-electron chi connectivity index (χ0n) is 12.2. The van der Waals surface area contributed by atoms with E-state index in [0.717, 1.165) is 0 Å². The second-order valence-electron chi connectivity index (χ2n) is 4.60. The van der Waals surface area contributed by atoms with Crippen LogP contribution in [0.3, 0.4) is 0 Å². The highest BCUT2D eigenvalue weighted by Gasteiger charge is 2.21. The topological polar surface area (TPSA) is 92.7 Å². The Morgan fingerprint density at radius 3 is 2.64 bits per heavy atom. The Morgan fingerprint density at radius 2 is 2.05 bits per heavy atom. The molecule has 0 heterocycles. The van der Waals surface area contributed by atoms with Crippen molar-refractivity contribution < 1.29 is 24.2 Å². The third-order valence-electron chi connectivity index (χ3n) is 2.82. The monoisotopic (exact) mass is 327 g/mol. The number of esters is 1. The smallest absolute Gasteiger partial charge is 0.326 e. The molecule has 0 spiro atoms. The van der Waals surface area contributed by atoms with Crippen LogP contribution in [0.1, 0.15) is 25.3 Å². The Hall–Kier alpha value is -2.08. The van der Waals surface area contributed by atoms with Crippen molar-refractivity contribution in [1.29, 1.82) is 0 Å². The van der Waals surface area contributed by atoms with Gasteiger partial charge in [-0.25, -0.2) is 4.79 Å². The van der Waals surface area contributed by atoms with Gasteiger partial charge in [-0.3, -0.25) is 9.59 Å². The number of hydrogen-bond acceptors (Lipinski definition) is 4. The second kappa shape index (κ2) is 9.04. The number of carboxylic acids is 1. The highest BCUT2D eigenvalue weighted by atomic mass is 35.5. The Bertz CT molecular complexity index is 546. The van der Waals surface area contributed by atoms with Crippen molar-refractivity contribution in [1.82, 2.24) is 5.32 Å². The largest absolute Gasteiger partial charge is 0.480 e. The van der Waals surface area contributed by atoms with Gasteiger partial charge in [-0.05, 0) is 24.6 Å². The van der Waals surface area contributed by atoms with Crippen molar-refractivity contribution in [3.05, 3.63) is 34.9 Å². The summed E-state index contributed by atoms with van der Waals surface area (Å²) in [5.74, 6) is -2.15. The molecule has 0 saturated carbocycles. The average Bonchev–Trinajstić information content (AvgIpc) is 2.45. The van der Waals surface area contributed by atoms with E-state index in [1.54, 1.807) is 31.2 Å². The number of nitrogens with one attached hydrogen (secondary N) is 1. The minimum absolute atomic E-state index is 0.0802. The quantitative estimate of drug-likeness (QED) is 0.710. The number of ether oxygens (including phenoxy) is 1. The maximum absolute atomic E-state index is 11.7. The van der Waals surface area contributed by atoms with Crippen molar-refractivity contribution in [2.24, 2.45) is 0 Å². The van der Waals surface area contributed by atoms with Crippen molar-refractivity contribution >= 4 is 29.4 Å². The number of carbonyl (C=O) groups is 3. The van der Waals surface area contributed by atoms with Crippen molar-refractivity contribution in [2.45, 2.75) is 32.2 Å². The number of amides is 1. The van der Waals surface area contributed by atoms with Gasteiger partial charge in [0.05, 0.1) is 13.0 Å². The van der Waals surface area contributed by atoms with E-state index >= 15 is 0 Å². The fourth-order valence-electron chi connectivity index (χ4n) is 1.81. The van der Waals surface area contributed by atoms with Gasteiger partial charge in [0.25, 0.3) is 0 Å². The summed E-state index contributed by atoms with van der Waals surface area (Å²) in [7, 11) is 0. The van der Waals surface area contributed by atoms with Crippen molar-refractivity contribution in [3.8, 4) is 0 Å². The lowest BCUT2D eigenvalue weighted by molar-refractivity contribution is -0.144. The second-order valence-corrected chi connectivity index (χ2v) is 5.03. The van der Waals surface area contributed by atoms with E-state index in [1.165, 1.54) is 0 Å². The Labute approximate surface area is 133 Å². The third-order valence-corrected chi connectivity index (χ3v) is 3.06. The molecule has 1 rings (SSSR count). The summed E-state index contributed by atoms with van der Waals surface area (Å²) in [5.41, 5.74) is 0.700. The van der Waals surface area contributed by atoms with Crippen LogP contribution in [0.15, 0.2) is 24.3 Å². The van der Waals surface area contributed by atoms with E-state index in [9.17, 15) is 19.5 Å². The zero-order valence-corrected chi connectivity index (χ0v) is 12.9. The van der Waals surface area contributed by atoms with E-state index in [2.05, 4.69) is 5.32 Å². The summed E-state index contributed by atoms with van der Waals surface area (Å²) >= 11 is 5.84. The molecule has 0 aromatic heterocycles. The van der Waals surface area contributed by atoms with Crippen LogP contribution in [-0.4, -0.2) is 35.6 Å². The lowest BCUT2D eigenvalue weighted by Crippen LogP contribution is -2.42. The van der Waals surface area contributed by atoms with Gasteiger partial charge in [-0.2, -0.15) is 0 Å². The molecule has 0 aliphatic heterocycles. The molecule has 6 nitrogen and oxygen atoms in total. The molecule has 0 radical (unpaired) electrons. The number of halogens is 1. The summed E-state index contributed by atoms with van der Waals surface area (Å²) in [6.07, 6.45) is -0.0810. The number of rotatable bonds is 8. The SMILES string of the molecule is CCOC(=O)CCC(=O)N[C@H](Cc1cccc(Cl)c1)C(=O)O. The summed E-state index contributed by atoms with van der Waals surface area (Å²) in [5, 5.41) is 12.1. The van der Waals surface area contributed by atoms with Gasteiger partial charge in [-0.15, -0.1) is 0 Å². The van der Waals surface area contributed by atoms with E-state index in [-0.39, 0.29) is 25.9 Å². The molecule has 120 valence electrons. The molecule has 0 saturated heterocycles. The van der Waals surface area contributed by atoms with Crippen LogP contribution in [0.4, 0.5) is 0 Å². The van der Waals surface area contributed by atoms with E-state index in [0.29, 0.717) is 10.6 Å². The van der Waals surface area contributed by atoms with Gasteiger partial charge in [-0.1, -0.05) is 23.7 Å². The first-order valence-corrected chi connectivity index (χ1v) is 7.22. The lowest BCUT2D eigenvalue weighted by atomic mass is 10.1. The summed E-state index contributed by atoms with van der Waals surface area (Å²) in [6, 6.07) is 5.68. The number of carboxylic acid groups (broad SMARTS) is 1. The highest BCUT2D eigenvalue weighted by Crippen LogP contribution is 2.12. The first kappa shape index (κ1) is 18.0. The van der Waals surface area contributed by atoms with E-state index < -0.39 is 23.9 Å². The van der Waals surface area contributed by atoms with Crippen LogP contribution in [0.25, 0.3) is 0 Å². The van der Waals surface area contributed by atoms with E-state index in [1.807, 2.05) is 0 Å². The molecule has 7 heteroatoms. The van der Waals surface area contributed by atoms with Crippen LogP contribution < -0.4 is 5.32 Å². The maximum atomic E-state index is 11.7. The maximum Gasteiger partial charge on any atom is 0.326 e. The molecule has 0 aliphatic rings. The molecule has 2 N–H and O–H groups in total. The predicted octanol–water partition coefficient (Wildman–Crippen LogP) is 1.80. The molecule has 1 atom stereocenters. The van der Waals surface area contributed by atoms with E-state index in [4.69, 9.17) is 16.3 Å². The van der Waals surface area contributed by atoms with Gasteiger partial charge in [0.15, 0.2) is 0 Å². The minimum atomic E-state index is -1.15. The molecular formula is C15H18ClNO5. The highest BCUT2D eigenvalue weighted by molar-refractivity contribution is 6.30. The molecule has 0 aliphatic carbocycles. The van der Waals surface area contributed by atoms with Crippen LogP contribution in [0, 0.1) is 0 Å². The normalized spacial score (nSPS) is 11.5. The molecular weight excluding hydrogens is 310 g/mol. The zero-order chi connectivity index (χ0) is 16.5. The standard InChI is InChI=1S/C15H18ClNO5/c1-2-22-14(19)7-6-13(18)17-12(15(20)21)9-10-4-3-5-11(16)8-10/h3-5,8,12H,2,6-7,9H2,1H3,(H,17,18)(H,20,21)/t12-/m1/s1. The van der Waals surface area contributed by atoms with Gasteiger partial charge in [0.2, 0.25) is 5.91 Å². The van der Waals surface area contributed by atoms with Crippen LogP contribution in [0.5, 0.6) is 0 Å². The van der Waals surface area contributed by atoms with Crippen LogP contribution in [-0.2, 0) is 25.5 Å². The fourth-order valence-corrected chi connectivity index (χ4v) is 2.03. The number of benzene rings is 1. The number of hydrogen-bond donors (Lipinski definition) is 2. The molecule has 22 heavy (non-hydrogen) atoms. The van der Waals surface area contributed by atoms with Crippen molar-refractivity contribution in [3.63, 3.8) is 0 Å². The lowest BCUT2D eigenvalue weighted by Gasteiger charge is -2.14. The predicted molar refractivity (Wildman–Crippen MR) is 80.6 cm³/mol. The molecule has 1 amide bonds. The molecule has 1 aromatic rings. The van der Waals surface area contributed by atoms with Gasteiger partial charge in [0.1, 0.15) is 6.04 Å². The molecule has 0 fully saturated rings. The van der Waals surface area contributed by atoms with Crippen LogP contribution in [0.2, 0.25) is 5.02 Å². The van der Waals surface area contributed by atoms with Gasteiger partial charge < -0.3 is 15.2 Å². The Balaban J connectivity index is 2.55. The fraction of sp³-hybridized carbons (Fsp3) is 0.400. The number of aliphatic carboxylic acids is 1. The van der Waals surface area contributed by atoms with Gasteiger partial charge >= 0.3 is 11.9 Å². The summed E-state index contributed by atoms with van der Waals surface area (Å²) in [4.78, 5) is 34.1. The minimum Gasteiger partial charge on any atom is -0.480 e. The molecule has 0 unspecified atom stereocenters. The Morgan fingerprint density at radius 1 is 1.32 bits per heavy atom. The Kier molecular flexibility index (Phi) is 7.39. The van der Waals surface area contributed by atoms with Gasteiger partial charge in [0, 0.05) is 17.9 Å². The average molecular weight is 328 g/mol. The first-order chi connectivity index (χ1) is 10.4. The summed E-state index contributed by atoms with van der Waals surface area (Å²) in [6.45, 7) is 1.91. The number of carbonyl (C=O) groups excluding carboxylic acids is 2. The van der Waals surface area contributed by atoms with Crippen molar-refractivity contribution in [2.75, 3.05) is 6.61 Å². The van der Waals surface area contributed by atoms with Crippen LogP contribution >= 0.6 is 11.6 Å². The molecule has 0 bridgehead atoms. The third kappa shape index (κ3) is 6.58.